The SMILES string of the molecule is CCCS(=O)(=O)NC1CCN(C(=O)CCc2cc(F)ccc2F)CC1. The molecule has 1 aliphatic rings. The molecule has 1 heterocycles. The standard InChI is InChI=1S/C17H24F2N2O3S/c1-2-11-25(23,24)20-15-7-9-21(10-8-15)17(22)6-3-13-12-14(18)4-5-16(13)19/h4-5,12,15,20H,2-3,6-11H2,1H3. The minimum atomic E-state index is -3.25. The van der Waals surface area contributed by atoms with E-state index < -0.39 is 21.7 Å². The number of amides is 1. The average Bonchev–Trinajstić information content (AvgIpc) is 2.55. The van der Waals surface area contributed by atoms with Crippen LogP contribution in [-0.4, -0.2) is 44.1 Å². The van der Waals surface area contributed by atoms with E-state index in [1.54, 1.807) is 4.90 Å². The fourth-order valence-electron chi connectivity index (χ4n) is 2.96. The number of nitrogens with zero attached hydrogens (tertiary/aromatic N) is 1. The fourth-order valence-corrected chi connectivity index (χ4v) is 4.36. The molecule has 5 nitrogen and oxygen atoms in total. The van der Waals surface area contributed by atoms with Crippen molar-refractivity contribution in [1.29, 1.82) is 0 Å². The number of rotatable bonds is 7. The molecule has 0 atom stereocenters. The summed E-state index contributed by atoms with van der Waals surface area (Å²) < 4.78 is 52.9. The van der Waals surface area contributed by atoms with E-state index in [1.165, 1.54) is 0 Å². The summed E-state index contributed by atoms with van der Waals surface area (Å²) in [7, 11) is -3.25. The Morgan fingerprint density at radius 1 is 1.28 bits per heavy atom. The predicted octanol–water partition coefficient (Wildman–Crippen LogP) is 2.22. The zero-order valence-corrected chi connectivity index (χ0v) is 15.1. The second kappa shape index (κ2) is 8.71. The molecule has 140 valence electrons. The van der Waals surface area contributed by atoms with E-state index >= 15 is 0 Å². The van der Waals surface area contributed by atoms with E-state index in [4.69, 9.17) is 0 Å². The summed E-state index contributed by atoms with van der Waals surface area (Å²) in [6.45, 7) is 2.73. The van der Waals surface area contributed by atoms with Crippen LogP contribution in [0.2, 0.25) is 0 Å². The summed E-state index contributed by atoms with van der Waals surface area (Å²) in [5.74, 6) is -1.06. The molecule has 25 heavy (non-hydrogen) atoms. The number of carbonyl (C=O) groups is 1. The summed E-state index contributed by atoms with van der Waals surface area (Å²) in [5.41, 5.74) is 0.190. The Hall–Kier alpha value is -1.54. The first-order chi connectivity index (χ1) is 11.8. The van der Waals surface area contributed by atoms with Crippen LogP contribution in [0.5, 0.6) is 0 Å². The maximum Gasteiger partial charge on any atom is 0.222 e. The Morgan fingerprint density at radius 2 is 1.96 bits per heavy atom. The Balaban J connectivity index is 1.80. The molecule has 1 aromatic carbocycles. The smallest absolute Gasteiger partial charge is 0.222 e. The largest absolute Gasteiger partial charge is 0.343 e. The normalized spacial score (nSPS) is 16.2. The number of nitrogens with one attached hydrogen (secondary N) is 1. The number of piperidine rings is 1. The highest BCUT2D eigenvalue weighted by molar-refractivity contribution is 7.89. The van der Waals surface area contributed by atoms with Crippen LogP contribution in [0, 0.1) is 11.6 Å². The molecule has 0 radical (unpaired) electrons. The second-order valence-corrected chi connectivity index (χ2v) is 8.20. The number of aryl methyl sites for hydroxylation is 1. The zero-order chi connectivity index (χ0) is 18.4. The van der Waals surface area contributed by atoms with Gasteiger partial charge in [-0.1, -0.05) is 6.92 Å². The van der Waals surface area contributed by atoms with Crippen LogP contribution < -0.4 is 4.72 Å². The minimum absolute atomic E-state index is 0.103. The van der Waals surface area contributed by atoms with Crippen molar-refractivity contribution in [3.63, 3.8) is 0 Å². The first-order valence-corrected chi connectivity index (χ1v) is 10.2. The van der Waals surface area contributed by atoms with Crippen molar-refractivity contribution in [2.24, 2.45) is 0 Å². The van der Waals surface area contributed by atoms with Crippen LogP contribution in [0.25, 0.3) is 0 Å². The van der Waals surface area contributed by atoms with E-state index in [-0.39, 0.29) is 36.1 Å². The van der Waals surface area contributed by atoms with Crippen molar-refractivity contribution in [2.45, 2.75) is 45.1 Å². The number of halogens is 2. The zero-order valence-electron chi connectivity index (χ0n) is 14.3. The van der Waals surface area contributed by atoms with Crippen LogP contribution in [0.4, 0.5) is 8.78 Å². The van der Waals surface area contributed by atoms with E-state index in [9.17, 15) is 22.0 Å². The van der Waals surface area contributed by atoms with Crippen molar-refractivity contribution < 1.29 is 22.0 Å². The molecule has 0 spiro atoms. The van der Waals surface area contributed by atoms with Crippen molar-refractivity contribution >= 4 is 15.9 Å². The predicted molar refractivity (Wildman–Crippen MR) is 91.5 cm³/mol. The van der Waals surface area contributed by atoms with Crippen molar-refractivity contribution in [3.05, 3.63) is 35.4 Å². The van der Waals surface area contributed by atoms with Gasteiger partial charge in [0, 0.05) is 25.6 Å². The fraction of sp³-hybridized carbons (Fsp3) is 0.588. The van der Waals surface area contributed by atoms with Crippen LogP contribution in [0.3, 0.4) is 0 Å². The van der Waals surface area contributed by atoms with Crippen molar-refractivity contribution in [1.82, 2.24) is 9.62 Å². The van der Waals surface area contributed by atoms with E-state index in [1.807, 2.05) is 6.92 Å². The molecule has 1 aromatic rings. The monoisotopic (exact) mass is 374 g/mol. The second-order valence-electron chi connectivity index (χ2n) is 6.33. The lowest BCUT2D eigenvalue weighted by Gasteiger charge is -2.32. The lowest BCUT2D eigenvalue weighted by molar-refractivity contribution is -0.132. The maximum atomic E-state index is 13.6. The Morgan fingerprint density at radius 3 is 2.60 bits per heavy atom. The number of sulfonamides is 1. The molecule has 1 saturated heterocycles. The third kappa shape index (κ3) is 6.04. The highest BCUT2D eigenvalue weighted by atomic mass is 32.2. The van der Waals surface area contributed by atoms with Gasteiger partial charge in [0.15, 0.2) is 0 Å². The highest BCUT2D eigenvalue weighted by Crippen LogP contribution is 2.16. The molecule has 0 bridgehead atoms. The molecule has 2 rings (SSSR count). The van der Waals surface area contributed by atoms with Gasteiger partial charge in [-0.3, -0.25) is 4.79 Å². The number of carbonyl (C=O) groups excluding carboxylic acids is 1. The van der Waals surface area contributed by atoms with E-state index in [0.717, 1.165) is 18.2 Å². The molecular formula is C17H24F2N2O3S. The molecule has 0 saturated carbocycles. The molecule has 0 aliphatic carbocycles. The van der Waals surface area contributed by atoms with Gasteiger partial charge in [-0.2, -0.15) is 0 Å². The topological polar surface area (TPSA) is 66.5 Å². The maximum absolute atomic E-state index is 13.6. The molecule has 1 fully saturated rings. The van der Waals surface area contributed by atoms with E-state index in [0.29, 0.717) is 32.4 Å². The lowest BCUT2D eigenvalue weighted by Crippen LogP contribution is -2.47. The molecule has 0 unspecified atom stereocenters. The van der Waals surface area contributed by atoms with Gasteiger partial charge >= 0.3 is 0 Å². The molecule has 1 aliphatic heterocycles. The lowest BCUT2D eigenvalue weighted by atomic mass is 10.0. The number of hydrogen-bond acceptors (Lipinski definition) is 3. The molecule has 1 N–H and O–H groups in total. The van der Waals surface area contributed by atoms with Crippen LogP contribution in [0.1, 0.15) is 38.2 Å². The van der Waals surface area contributed by atoms with Gasteiger partial charge in [0.25, 0.3) is 0 Å². The molecule has 1 amide bonds. The number of likely N-dealkylation sites (tertiary alicyclic amines) is 1. The summed E-state index contributed by atoms with van der Waals surface area (Å²) in [5, 5.41) is 0. The van der Waals surface area contributed by atoms with Crippen LogP contribution >= 0.6 is 0 Å². The Bertz CT molecular complexity index is 702. The Kier molecular flexibility index (Phi) is 6.89. The Labute approximate surface area is 147 Å². The van der Waals surface area contributed by atoms with Crippen LogP contribution in [0.15, 0.2) is 18.2 Å². The van der Waals surface area contributed by atoms with Crippen LogP contribution in [-0.2, 0) is 21.2 Å². The third-order valence-corrected chi connectivity index (χ3v) is 5.92. The molecule has 0 aromatic heterocycles. The summed E-state index contributed by atoms with van der Waals surface area (Å²) in [6.07, 6.45) is 1.92. The minimum Gasteiger partial charge on any atom is -0.343 e. The van der Waals surface area contributed by atoms with Gasteiger partial charge in [0.2, 0.25) is 15.9 Å². The summed E-state index contributed by atoms with van der Waals surface area (Å²) >= 11 is 0. The first-order valence-electron chi connectivity index (χ1n) is 8.52. The quantitative estimate of drug-likeness (QED) is 0.796. The first kappa shape index (κ1) is 19.8. The average molecular weight is 374 g/mol. The van der Waals surface area contributed by atoms with Gasteiger partial charge in [0.1, 0.15) is 11.6 Å². The summed E-state index contributed by atoms with van der Waals surface area (Å²) in [6, 6.07) is 3.06. The van der Waals surface area contributed by atoms with Gasteiger partial charge in [-0.25, -0.2) is 21.9 Å². The van der Waals surface area contributed by atoms with Gasteiger partial charge in [-0.15, -0.1) is 0 Å². The molecule has 8 heteroatoms. The van der Waals surface area contributed by atoms with Crippen molar-refractivity contribution in [3.8, 4) is 0 Å². The van der Waals surface area contributed by atoms with Gasteiger partial charge < -0.3 is 4.90 Å². The molecular weight excluding hydrogens is 350 g/mol. The number of benzene rings is 1. The highest BCUT2D eigenvalue weighted by Gasteiger charge is 2.25. The number of hydrogen-bond donors (Lipinski definition) is 1. The van der Waals surface area contributed by atoms with E-state index in [2.05, 4.69) is 4.72 Å². The van der Waals surface area contributed by atoms with Crippen molar-refractivity contribution in [2.75, 3.05) is 18.8 Å². The summed E-state index contributed by atoms with van der Waals surface area (Å²) in [4.78, 5) is 13.9. The third-order valence-electron chi connectivity index (χ3n) is 4.28. The van der Waals surface area contributed by atoms with Gasteiger partial charge in [0.05, 0.1) is 5.75 Å². The van der Waals surface area contributed by atoms with Gasteiger partial charge in [-0.05, 0) is 49.4 Å².